The van der Waals surface area contributed by atoms with Crippen molar-refractivity contribution in [2.75, 3.05) is 13.7 Å². The zero-order chi connectivity index (χ0) is 10.8. The topological polar surface area (TPSA) is 58.9 Å². The first-order valence-corrected chi connectivity index (χ1v) is 5.11. The van der Waals surface area contributed by atoms with Crippen LogP contribution in [0.25, 0.3) is 0 Å². The molecule has 0 aromatic carbocycles. The molecule has 0 aromatic rings. The van der Waals surface area contributed by atoms with Gasteiger partial charge < -0.3 is 19.7 Å². The number of ether oxygens (including phenoxy) is 2. The van der Waals surface area contributed by atoms with Crippen LogP contribution in [0.2, 0.25) is 0 Å². The smallest absolute Gasteiger partial charge is 0.184 e. The van der Waals surface area contributed by atoms with Crippen molar-refractivity contribution in [2.24, 2.45) is 5.92 Å². The van der Waals surface area contributed by atoms with Gasteiger partial charge in [0, 0.05) is 19.6 Å². The van der Waals surface area contributed by atoms with Gasteiger partial charge in [0.2, 0.25) is 0 Å². The van der Waals surface area contributed by atoms with Crippen LogP contribution in [0.1, 0.15) is 26.7 Å². The Morgan fingerprint density at radius 2 is 2.14 bits per heavy atom. The van der Waals surface area contributed by atoms with Crippen molar-refractivity contribution >= 4 is 0 Å². The molecule has 0 amide bonds. The van der Waals surface area contributed by atoms with Gasteiger partial charge in [-0.2, -0.15) is 0 Å². The van der Waals surface area contributed by atoms with Crippen molar-refractivity contribution in [1.82, 2.24) is 0 Å². The van der Waals surface area contributed by atoms with Crippen molar-refractivity contribution in [1.29, 1.82) is 0 Å². The van der Waals surface area contributed by atoms with E-state index in [9.17, 15) is 5.11 Å². The Morgan fingerprint density at radius 3 is 2.50 bits per heavy atom. The monoisotopic (exact) mass is 204 g/mol. The van der Waals surface area contributed by atoms with Gasteiger partial charge in [0.15, 0.2) is 6.29 Å². The summed E-state index contributed by atoms with van der Waals surface area (Å²) >= 11 is 0. The second kappa shape index (κ2) is 4.57. The molecule has 0 aliphatic carbocycles. The summed E-state index contributed by atoms with van der Waals surface area (Å²) < 4.78 is 10.7. The van der Waals surface area contributed by atoms with Crippen LogP contribution in [0.3, 0.4) is 0 Å². The van der Waals surface area contributed by atoms with Crippen LogP contribution in [0.15, 0.2) is 0 Å². The van der Waals surface area contributed by atoms with E-state index in [4.69, 9.17) is 14.6 Å². The molecule has 0 radical (unpaired) electrons. The fraction of sp³-hybridized carbons (Fsp3) is 1.00. The summed E-state index contributed by atoms with van der Waals surface area (Å²) in [5.41, 5.74) is -0.436. The predicted octanol–water partition coefficient (Wildman–Crippen LogP) is 0.517. The van der Waals surface area contributed by atoms with Gasteiger partial charge in [-0.25, -0.2) is 0 Å². The van der Waals surface area contributed by atoms with Crippen molar-refractivity contribution in [3.63, 3.8) is 0 Å². The SMILES string of the molecule is CC[C@@]1(CCO)OC(OC)C(O)[C@H]1C. The van der Waals surface area contributed by atoms with Crippen LogP contribution in [0.5, 0.6) is 0 Å². The average Bonchev–Trinajstić information content (AvgIpc) is 2.44. The van der Waals surface area contributed by atoms with Gasteiger partial charge in [-0.1, -0.05) is 13.8 Å². The maximum Gasteiger partial charge on any atom is 0.184 e. The third kappa shape index (κ3) is 1.80. The second-order valence-electron chi connectivity index (χ2n) is 3.89. The molecular weight excluding hydrogens is 184 g/mol. The van der Waals surface area contributed by atoms with Crippen LogP contribution < -0.4 is 0 Å². The van der Waals surface area contributed by atoms with Gasteiger partial charge in [-0.05, 0) is 12.8 Å². The third-order valence-electron chi connectivity index (χ3n) is 3.34. The molecule has 1 aliphatic heterocycles. The molecule has 84 valence electrons. The number of hydrogen-bond donors (Lipinski definition) is 2. The molecule has 1 aliphatic rings. The van der Waals surface area contributed by atoms with E-state index in [1.54, 1.807) is 0 Å². The lowest BCUT2D eigenvalue weighted by molar-refractivity contribution is -0.181. The predicted molar refractivity (Wildman–Crippen MR) is 51.8 cm³/mol. The summed E-state index contributed by atoms with van der Waals surface area (Å²) in [5, 5.41) is 18.8. The highest BCUT2D eigenvalue weighted by Crippen LogP contribution is 2.41. The maximum atomic E-state index is 9.82. The molecule has 2 N–H and O–H groups in total. The van der Waals surface area contributed by atoms with E-state index in [0.717, 1.165) is 6.42 Å². The van der Waals surface area contributed by atoms with Crippen molar-refractivity contribution in [3.05, 3.63) is 0 Å². The summed E-state index contributed by atoms with van der Waals surface area (Å²) in [6.07, 6.45) is 0.149. The van der Waals surface area contributed by atoms with Crippen LogP contribution >= 0.6 is 0 Å². The molecule has 2 unspecified atom stereocenters. The van der Waals surface area contributed by atoms with Crippen molar-refractivity contribution in [2.45, 2.75) is 44.7 Å². The molecule has 1 rings (SSSR count). The van der Waals surface area contributed by atoms with E-state index in [1.165, 1.54) is 7.11 Å². The highest BCUT2D eigenvalue weighted by atomic mass is 16.7. The number of rotatable bonds is 4. The van der Waals surface area contributed by atoms with E-state index >= 15 is 0 Å². The van der Waals surface area contributed by atoms with Gasteiger partial charge in [0.05, 0.1) is 5.60 Å². The summed E-state index contributed by atoms with van der Waals surface area (Å²) in [5.74, 6) is -0.00963. The second-order valence-corrected chi connectivity index (χ2v) is 3.89. The number of methoxy groups -OCH3 is 1. The van der Waals surface area contributed by atoms with Crippen molar-refractivity contribution in [3.8, 4) is 0 Å². The minimum Gasteiger partial charge on any atom is -0.396 e. The van der Waals surface area contributed by atoms with E-state index in [2.05, 4.69) is 0 Å². The first-order valence-electron chi connectivity index (χ1n) is 5.11. The highest BCUT2D eigenvalue weighted by Gasteiger charge is 2.50. The summed E-state index contributed by atoms with van der Waals surface area (Å²) in [6, 6.07) is 0. The molecule has 0 bridgehead atoms. The molecule has 0 saturated carbocycles. The lowest BCUT2D eigenvalue weighted by atomic mass is 9.82. The molecule has 1 fully saturated rings. The Bertz CT molecular complexity index is 185. The molecule has 0 aromatic heterocycles. The van der Waals surface area contributed by atoms with E-state index in [0.29, 0.717) is 6.42 Å². The summed E-state index contributed by atoms with van der Waals surface area (Å²) in [4.78, 5) is 0. The minimum atomic E-state index is -0.605. The largest absolute Gasteiger partial charge is 0.396 e. The molecular formula is C10H20O4. The lowest BCUT2D eigenvalue weighted by Crippen LogP contribution is -2.36. The molecule has 0 spiro atoms. The standard InChI is InChI=1S/C10H20O4/c1-4-10(5-6-11)7(2)8(12)9(13-3)14-10/h7-9,11-12H,4-6H2,1-3H3/t7-,8?,9?,10+/m1/s1. The molecule has 14 heavy (non-hydrogen) atoms. The normalized spacial score (nSPS) is 43.1. The van der Waals surface area contributed by atoms with Crippen LogP contribution in [0.4, 0.5) is 0 Å². The zero-order valence-electron chi connectivity index (χ0n) is 9.06. The molecule has 1 saturated heterocycles. The van der Waals surface area contributed by atoms with Gasteiger partial charge >= 0.3 is 0 Å². The van der Waals surface area contributed by atoms with Crippen molar-refractivity contribution < 1.29 is 19.7 Å². The van der Waals surface area contributed by atoms with Gasteiger partial charge in [0.25, 0.3) is 0 Å². The zero-order valence-corrected chi connectivity index (χ0v) is 9.06. The van der Waals surface area contributed by atoms with Crippen LogP contribution in [-0.2, 0) is 9.47 Å². The van der Waals surface area contributed by atoms with E-state index < -0.39 is 18.0 Å². The molecule has 4 nitrogen and oxygen atoms in total. The van der Waals surface area contributed by atoms with Gasteiger partial charge in [-0.3, -0.25) is 0 Å². The summed E-state index contributed by atoms with van der Waals surface area (Å²) in [6.45, 7) is 4.00. The first kappa shape index (κ1) is 11.9. The van der Waals surface area contributed by atoms with E-state index in [-0.39, 0.29) is 12.5 Å². The molecule has 4 heteroatoms. The third-order valence-corrected chi connectivity index (χ3v) is 3.34. The molecule has 4 atom stereocenters. The minimum absolute atomic E-state index is 0.00963. The van der Waals surface area contributed by atoms with Crippen LogP contribution in [0, 0.1) is 5.92 Å². The number of hydrogen-bond acceptors (Lipinski definition) is 4. The fourth-order valence-electron chi connectivity index (χ4n) is 2.20. The highest BCUT2D eigenvalue weighted by molar-refractivity contribution is 4.96. The van der Waals surface area contributed by atoms with Gasteiger partial charge in [-0.15, -0.1) is 0 Å². The van der Waals surface area contributed by atoms with E-state index in [1.807, 2.05) is 13.8 Å². The Labute approximate surface area is 84.8 Å². The fourth-order valence-corrected chi connectivity index (χ4v) is 2.20. The van der Waals surface area contributed by atoms with Crippen LogP contribution in [-0.4, -0.2) is 41.9 Å². The Morgan fingerprint density at radius 1 is 1.50 bits per heavy atom. The Hall–Kier alpha value is -0.160. The maximum absolute atomic E-state index is 9.82. The van der Waals surface area contributed by atoms with Gasteiger partial charge in [0.1, 0.15) is 6.10 Å². The first-order chi connectivity index (χ1) is 6.61. The quantitative estimate of drug-likeness (QED) is 0.701. The number of aliphatic hydroxyl groups excluding tert-OH is 2. The Kier molecular flexibility index (Phi) is 3.89. The molecule has 1 heterocycles. The lowest BCUT2D eigenvalue weighted by Gasteiger charge is -2.31. The summed E-state index contributed by atoms with van der Waals surface area (Å²) in [7, 11) is 1.52. The average molecular weight is 204 g/mol. The number of aliphatic hydroxyl groups is 2. The Balaban J connectivity index is 2.78.